The Bertz CT molecular complexity index is 269. The van der Waals surface area contributed by atoms with Gasteiger partial charge in [-0.3, -0.25) is 0 Å². The molecular formula is C9H18N2O2S. The topological polar surface area (TPSA) is 58.2 Å². The van der Waals surface area contributed by atoms with Gasteiger partial charge in [-0.05, 0) is 25.8 Å². The number of hydrogen-bond donors (Lipinski definition) is 2. The van der Waals surface area contributed by atoms with Crippen molar-refractivity contribution in [1.29, 1.82) is 0 Å². The molecular weight excluding hydrogens is 200 g/mol. The average molecular weight is 218 g/mol. The summed E-state index contributed by atoms with van der Waals surface area (Å²) >= 11 is 0. The van der Waals surface area contributed by atoms with E-state index >= 15 is 0 Å². The first-order valence-electron chi connectivity index (χ1n) is 4.95. The SMILES string of the molecule is C=CCCNS(=O)(=O)CC1CCCN1. The highest BCUT2D eigenvalue weighted by molar-refractivity contribution is 7.89. The molecule has 2 N–H and O–H groups in total. The molecule has 1 saturated heterocycles. The van der Waals surface area contributed by atoms with Crippen LogP contribution >= 0.6 is 0 Å². The molecule has 1 heterocycles. The summed E-state index contributed by atoms with van der Waals surface area (Å²) in [7, 11) is -3.10. The fourth-order valence-electron chi connectivity index (χ4n) is 1.54. The molecule has 5 heteroatoms. The third-order valence-corrected chi connectivity index (χ3v) is 3.74. The standard InChI is InChI=1S/C9H18N2O2S/c1-2-3-7-11-14(12,13)8-9-5-4-6-10-9/h2,9-11H,1,3-8H2. The maximum absolute atomic E-state index is 11.5. The molecule has 1 rings (SSSR count). The number of sulfonamides is 1. The normalized spacial score (nSPS) is 22.4. The molecule has 0 amide bonds. The van der Waals surface area contributed by atoms with Crippen molar-refractivity contribution in [3.8, 4) is 0 Å². The molecule has 1 aliphatic rings. The van der Waals surface area contributed by atoms with Crippen LogP contribution in [0.1, 0.15) is 19.3 Å². The van der Waals surface area contributed by atoms with Crippen molar-refractivity contribution in [3.63, 3.8) is 0 Å². The van der Waals surface area contributed by atoms with Crippen LogP contribution in [0.15, 0.2) is 12.7 Å². The number of hydrogen-bond acceptors (Lipinski definition) is 3. The van der Waals surface area contributed by atoms with Crippen LogP contribution in [0.4, 0.5) is 0 Å². The van der Waals surface area contributed by atoms with Crippen LogP contribution < -0.4 is 10.0 Å². The molecule has 0 aliphatic carbocycles. The molecule has 82 valence electrons. The van der Waals surface area contributed by atoms with E-state index in [4.69, 9.17) is 0 Å². The second-order valence-corrected chi connectivity index (χ2v) is 5.40. The Hall–Kier alpha value is -0.390. The summed E-state index contributed by atoms with van der Waals surface area (Å²) in [5.41, 5.74) is 0. The van der Waals surface area contributed by atoms with Crippen LogP contribution in [0.25, 0.3) is 0 Å². The third-order valence-electron chi connectivity index (χ3n) is 2.25. The zero-order valence-electron chi connectivity index (χ0n) is 8.33. The summed E-state index contributed by atoms with van der Waals surface area (Å²) in [6.07, 6.45) is 4.42. The Balaban J connectivity index is 2.29. The van der Waals surface area contributed by atoms with E-state index in [2.05, 4.69) is 16.6 Å². The first-order valence-corrected chi connectivity index (χ1v) is 6.61. The van der Waals surface area contributed by atoms with E-state index in [9.17, 15) is 8.42 Å². The van der Waals surface area contributed by atoms with Crippen molar-refractivity contribution in [1.82, 2.24) is 10.0 Å². The zero-order valence-corrected chi connectivity index (χ0v) is 9.15. The Kier molecular flexibility index (Phi) is 4.57. The minimum absolute atomic E-state index is 0.135. The largest absolute Gasteiger partial charge is 0.313 e. The molecule has 0 saturated carbocycles. The fourth-order valence-corrected chi connectivity index (χ4v) is 2.90. The van der Waals surface area contributed by atoms with Crippen LogP contribution in [0, 0.1) is 0 Å². The van der Waals surface area contributed by atoms with E-state index in [0.717, 1.165) is 19.4 Å². The van der Waals surface area contributed by atoms with E-state index in [0.29, 0.717) is 13.0 Å². The van der Waals surface area contributed by atoms with E-state index in [1.54, 1.807) is 6.08 Å². The van der Waals surface area contributed by atoms with Crippen molar-refractivity contribution in [2.24, 2.45) is 0 Å². The van der Waals surface area contributed by atoms with Crippen molar-refractivity contribution in [2.75, 3.05) is 18.8 Å². The lowest BCUT2D eigenvalue weighted by Gasteiger charge is -2.11. The zero-order chi connectivity index (χ0) is 10.4. The first kappa shape index (κ1) is 11.7. The molecule has 14 heavy (non-hydrogen) atoms. The van der Waals surface area contributed by atoms with E-state index in [1.807, 2.05) is 0 Å². The van der Waals surface area contributed by atoms with Gasteiger partial charge >= 0.3 is 0 Å². The lowest BCUT2D eigenvalue weighted by atomic mass is 10.3. The van der Waals surface area contributed by atoms with Crippen LogP contribution in [-0.4, -0.2) is 33.3 Å². The predicted molar refractivity (Wildman–Crippen MR) is 57.6 cm³/mol. The second-order valence-electron chi connectivity index (χ2n) is 3.55. The summed E-state index contributed by atoms with van der Waals surface area (Å²) < 4.78 is 25.5. The van der Waals surface area contributed by atoms with Gasteiger partial charge in [0.1, 0.15) is 0 Å². The van der Waals surface area contributed by atoms with Gasteiger partial charge in [0.05, 0.1) is 5.75 Å². The van der Waals surface area contributed by atoms with Gasteiger partial charge in [0.25, 0.3) is 0 Å². The highest BCUT2D eigenvalue weighted by atomic mass is 32.2. The minimum atomic E-state index is -3.10. The smallest absolute Gasteiger partial charge is 0.213 e. The summed E-state index contributed by atoms with van der Waals surface area (Å²) in [5, 5.41) is 3.16. The molecule has 1 atom stereocenters. The molecule has 0 aromatic heterocycles. The maximum atomic E-state index is 11.5. The van der Waals surface area contributed by atoms with Gasteiger partial charge in [-0.15, -0.1) is 6.58 Å². The molecule has 0 aromatic carbocycles. The molecule has 0 spiro atoms. The van der Waals surface area contributed by atoms with E-state index < -0.39 is 10.0 Å². The Morgan fingerprint density at radius 3 is 2.93 bits per heavy atom. The van der Waals surface area contributed by atoms with Gasteiger partial charge in [0.2, 0.25) is 10.0 Å². The summed E-state index contributed by atoms with van der Waals surface area (Å²) in [4.78, 5) is 0. The number of nitrogens with one attached hydrogen (secondary N) is 2. The van der Waals surface area contributed by atoms with E-state index in [1.165, 1.54) is 0 Å². The maximum Gasteiger partial charge on any atom is 0.213 e. The van der Waals surface area contributed by atoms with Gasteiger partial charge in [0, 0.05) is 12.6 Å². The molecule has 0 bridgehead atoms. The summed E-state index contributed by atoms with van der Waals surface area (Å²) in [6.45, 7) is 4.93. The fraction of sp³-hybridized carbons (Fsp3) is 0.778. The van der Waals surface area contributed by atoms with Gasteiger partial charge in [-0.25, -0.2) is 13.1 Å². The molecule has 1 unspecified atom stereocenters. The van der Waals surface area contributed by atoms with Crippen molar-refractivity contribution < 1.29 is 8.42 Å². The van der Waals surface area contributed by atoms with Crippen LogP contribution in [0.5, 0.6) is 0 Å². The van der Waals surface area contributed by atoms with Crippen molar-refractivity contribution in [2.45, 2.75) is 25.3 Å². The van der Waals surface area contributed by atoms with Crippen LogP contribution in [-0.2, 0) is 10.0 Å². The Labute approximate surface area is 85.8 Å². The van der Waals surface area contributed by atoms with Gasteiger partial charge in [-0.1, -0.05) is 6.08 Å². The second kappa shape index (κ2) is 5.48. The average Bonchev–Trinajstić information content (AvgIpc) is 2.56. The van der Waals surface area contributed by atoms with Gasteiger partial charge in [0.15, 0.2) is 0 Å². The lowest BCUT2D eigenvalue weighted by Crippen LogP contribution is -2.36. The third kappa shape index (κ3) is 4.21. The predicted octanol–water partition coefficient (Wildman–Crippen LogP) is 0.234. The first-order chi connectivity index (χ1) is 6.64. The van der Waals surface area contributed by atoms with Crippen LogP contribution in [0.2, 0.25) is 0 Å². The van der Waals surface area contributed by atoms with Crippen molar-refractivity contribution in [3.05, 3.63) is 12.7 Å². The highest BCUT2D eigenvalue weighted by Gasteiger charge is 2.21. The molecule has 0 radical (unpaired) electrons. The quantitative estimate of drug-likeness (QED) is 0.496. The van der Waals surface area contributed by atoms with Gasteiger partial charge < -0.3 is 5.32 Å². The number of rotatable bonds is 6. The monoisotopic (exact) mass is 218 g/mol. The molecule has 4 nitrogen and oxygen atoms in total. The Morgan fingerprint density at radius 2 is 2.36 bits per heavy atom. The van der Waals surface area contributed by atoms with Crippen molar-refractivity contribution >= 4 is 10.0 Å². The summed E-state index contributed by atoms with van der Waals surface area (Å²) in [6, 6.07) is 0.135. The summed E-state index contributed by atoms with van der Waals surface area (Å²) in [5.74, 6) is 0.199. The van der Waals surface area contributed by atoms with E-state index in [-0.39, 0.29) is 11.8 Å². The lowest BCUT2D eigenvalue weighted by molar-refractivity contribution is 0.564. The molecule has 0 aromatic rings. The highest BCUT2D eigenvalue weighted by Crippen LogP contribution is 2.06. The molecule has 1 aliphatic heterocycles. The molecule has 1 fully saturated rings. The van der Waals surface area contributed by atoms with Gasteiger partial charge in [-0.2, -0.15) is 0 Å². The van der Waals surface area contributed by atoms with Crippen LogP contribution in [0.3, 0.4) is 0 Å². The minimum Gasteiger partial charge on any atom is -0.313 e. The Morgan fingerprint density at radius 1 is 1.57 bits per heavy atom.